The van der Waals surface area contributed by atoms with Crippen LogP contribution >= 0.6 is 11.6 Å². The molecular formula is C21H21ClN4O4S. The molecule has 10 heteroatoms. The number of carbonyl (C=O) groups is 1. The first-order valence-electron chi connectivity index (χ1n) is 9.35. The summed E-state index contributed by atoms with van der Waals surface area (Å²) >= 11 is 6.00. The van der Waals surface area contributed by atoms with Gasteiger partial charge < -0.3 is 10.1 Å². The standard InChI is InChI=1S/C21H21ClN4O4S/c1-14-13-15(2)24-21(23-14)26-31(28,29)17-9-7-16(8-10-17)25-20(27)11-12-30-19-6-4-3-5-18(19)22/h3-10,13H,11-12H2,1-2H3,(H,25,27)(H,23,24,26). The highest BCUT2D eigenvalue weighted by Gasteiger charge is 2.16. The number of hydrogen-bond acceptors (Lipinski definition) is 6. The largest absolute Gasteiger partial charge is 0.491 e. The van der Waals surface area contributed by atoms with E-state index in [4.69, 9.17) is 16.3 Å². The maximum absolute atomic E-state index is 12.6. The van der Waals surface area contributed by atoms with E-state index < -0.39 is 10.0 Å². The molecule has 31 heavy (non-hydrogen) atoms. The molecule has 0 unspecified atom stereocenters. The first kappa shape index (κ1) is 22.5. The predicted molar refractivity (Wildman–Crippen MR) is 119 cm³/mol. The lowest BCUT2D eigenvalue weighted by Gasteiger charge is -2.10. The van der Waals surface area contributed by atoms with Gasteiger partial charge in [0.25, 0.3) is 10.0 Å². The highest BCUT2D eigenvalue weighted by atomic mass is 35.5. The average molecular weight is 461 g/mol. The second-order valence-electron chi connectivity index (χ2n) is 6.68. The quantitative estimate of drug-likeness (QED) is 0.526. The molecule has 0 spiro atoms. The van der Waals surface area contributed by atoms with Gasteiger partial charge >= 0.3 is 0 Å². The molecule has 0 saturated heterocycles. The number of carbonyl (C=O) groups excluding carboxylic acids is 1. The number of rotatable bonds is 8. The predicted octanol–water partition coefficient (Wildman–Crippen LogP) is 3.96. The van der Waals surface area contributed by atoms with Crippen molar-refractivity contribution in [1.29, 1.82) is 0 Å². The maximum Gasteiger partial charge on any atom is 0.264 e. The maximum atomic E-state index is 12.6. The van der Waals surface area contributed by atoms with Gasteiger partial charge in [-0.2, -0.15) is 0 Å². The SMILES string of the molecule is Cc1cc(C)nc(NS(=O)(=O)c2ccc(NC(=O)CCOc3ccccc3Cl)cc2)n1. The highest BCUT2D eigenvalue weighted by molar-refractivity contribution is 7.92. The molecule has 0 radical (unpaired) electrons. The molecule has 0 bridgehead atoms. The number of amides is 1. The number of nitrogens with one attached hydrogen (secondary N) is 2. The Morgan fingerprint density at radius 1 is 1.03 bits per heavy atom. The normalized spacial score (nSPS) is 11.1. The Balaban J connectivity index is 1.56. The molecule has 0 atom stereocenters. The van der Waals surface area contributed by atoms with Crippen LogP contribution in [0.5, 0.6) is 5.75 Å². The number of halogens is 1. The number of nitrogens with zero attached hydrogens (tertiary/aromatic N) is 2. The molecule has 2 aromatic carbocycles. The monoisotopic (exact) mass is 460 g/mol. The molecule has 0 saturated carbocycles. The van der Waals surface area contributed by atoms with Crippen LogP contribution in [0.2, 0.25) is 5.02 Å². The number of hydrogen-bond donors (Lipinski definition) is 2. The van der Waals surface area contributed by atoms with E-state index in [2.05, 4.69) is 20.0 Å². The van der Waals surface area contributed by atoms with Crippen LogP contribution in [0.15, 0.2) is 59.5 Å². The molecule has 2 N–H and O–H groups in total. The molecule has 0 aliphatic carbocycles. The van der Waals surface area contributed by atoms with Crippen LogP contribution in [-0.4, -0.2) is 30.9 Å². The number of benzene rings is 2. The summed E-state index contributed by atoms with van der Waals surface area (Å²) in [6, 6.07) is 14.5. The zero-order valence-corrected chi connectivity index (χ0v) is 18.5. The van der Waals surface area contributed by atoms with Crippen LogP contribution in [0.1, 0.15) is 17.8 Å². The second-order valence-corrected chi connectivity index (χ2v) is 8.77. The van der Waals surface area contributed by atoms with Crippen molar-refractivity contribution in [3.63, 3.8) is 0 Å². The number of para-hydroxylation sites is 1. The molecule has 3 aromatic rings. The van der Waals surface area contributed by atoms with E-state index in [1.807, 2.05) is 0 Å². The molecule has 1 amide bonds. The Hall–Kier alpha value is -3.17. The minimum Gasteiger partial charge on any atom is -0.491 e. The minimum atomic E-state index is -3.86. The van der Waals surface area contributed by atoms with E-state index in [9.17, 15) is 13.2 Å². The summed E-state index contributed by atoms with van der Waals surface area (Å²) in [6.07, 6.45) is 0.108. The van der Waals surface area contributed by atoms with Crippen LogP contribution in [0.4, 0.5) is 11.6 Å². The van der Waals surface area contributed by atoms with Crippen molar-refractivity contribution >= 4 is 39.2 Å². The van der Waals surface area contributed by atoms with Gasteiger partial charge in [0.15, 0.2) is 0 Å². The van der Waals surface area contributed by atoms with Gasteiger partial charge in [0, 0.05) is 17.1 Å². The fourth-order valence-electron chi connectivity index (χ4n) is 2.71. The first-order valence-corrected chi connectivity index (χ1v) is 11.2. The Bertz CT molecular complexity index is 1160. The van der Waals surface area contributed by atoms with E-state index in [-0.39, 0.29) is 29.8 Å². The van der Waals surface area contributed by atoms with E-state index in [0.29, 0.717) is 27.8 Å². The van der Waals surface area contributed by atoms with Crippen molar-refractivity contribution in [1.82, 2.24) is 9.97 Å². The summed E-state index contributed by atoms with van der Waals surface area (Å²) < 4.78 is 33.0. The number of aryl methyl sites for hydroxylation is 2. The second kappa shape index (κ2) is 9.76. The van der Waals surface area contributed by atoms with Gasteiger partial charge in [-0.15, -0.1) is 0 Å². The van der Waals surface area contributed by atoms with Gasteiger partial charge in [0.05, 0.1) is 22.9 Å². The van der Waals surface area contributed by atoms with Gasteiger partial charge in [-0.05, 0) is 56.3 Å². The van der Waals surface area contributed by atoms with Crippen LogP contribution in [0.3, 0.4) is 0 Å². The number of anilines is 2. The van der Waals surface area contributed by atoms with Crippen molar-refractivity contribution in [2.24, 2.45) is 0 Å². The third kappa shape index (κ3) is 6.40. The average Bonchev–Trinajstić information content (AvgIpc) is 2.69. The molecule has 0 aliphatic heterocycles. The van der Waals surface area contributed by atoms with Crippen LogP contribution in [0.25, 0.3) is 0 Å². The smallest absolute Gasteiger partial charge is 0.264 e. The fraction of sp³-hybridized carbons (Fsp3) is 0.190. The van der Waals surface area contributed by atoms with Crippen molar-refractivity contribution in [2.45, 2.75) is 25.2 Å². The fourth-order valence-corrected chi connectivity index (χ4v) is 3.84. The van der Waals surface area contributed by atoms with Crippen molar-refractivity contribution in [3.05, 3.63) is 71.0 Å². The van der Waals surface area contributed by atoms with Crippen LogP contribution in [0, 0.1) is 13.8 Å². The molecule has 1 aromatic heterocycles. The lowest BCUT2D eigenvalue weighted by molar-refractivity contribution is -0.116. The first-order chi connectivity index (χ1) is 14.7. The minimum absolute atomic E-state index is 0.00778. The molecule has 0 fully saturated rings. The van der Waals surface area contributed by atoms with Crippen LogP contribution < -0.4 is 14.8 Å². The van der Waals surface area contributed by atoms with Crippen molar-refractivity contribution in [2.75, 3.05) is 16.6 Å². The third-order valence-corrected chi connectivity index (χ3v) is 5.74. The van der Waals surface area contributed by atoms with Crippen molar-refractivity contribution < 1.29 is 17.9 Å². The van der Waals surface area contributed by atoms with Gasteiger partial charge in [-0.25, -0.2) is 23.1 Å². The Morgan fingerprint density at radius 3 is 2.32 bits per heavy atom. The van der Waals surface area contributed by atoms with Gasteiger partial charge in [0.1, 0.15) is 5.75 Å². The molecule has 3 rings (SSSR count). The number of ether oxygens (including phenoxy) is 1. The summed E-state index contributed by atoms with van der Waals surface area (Å²) in [5.74, 6) is 0.240. The van der Waals surface area contributed by atoms with Gasteiger partial charge in [0.2, 0.25) is 11.9 Å². The van der Waals surface area contributed by atoms with E-state index >= 15 is 0 Å². The zero-order valence-electron chi connectivity index (χ0n) is 16.9. The Kier molecular flexibility index (Phi) is 7.09. The zero-order chi connectivity index (χ0) is 22.4. The molecule has 0 aliphatic rings. The summed E-state index contributed by atoms with van der Waals surface area (Å²) in [7, 11) is -3.86. The Morgan fingerprint density at radius 2 is 1.68 bits per heavy atom. The Labute approximate surface area is 185 Å². The number of aromatic nitrogens is 2. The molecule has 1 heterocycles. The van der Waals surface area contributed by atoms with E-state index in [1.54, 1.807) is 44.2 Å². The summed E-state index contributed by atoms with van der Waals surface area (Å²) in [5.41, 5.74) is 1.77. The molecule has 8 nitrogen and oxygen atoms in total. The van der Waals surface area contributed by atoms with E-state index in [0.717, 1.165) is 0 Å². The summed E-state index contributed by atoms with van der Waals surface area (Å²) in [4.78, 5) is 20.3. The topological polar surface area (TPSA) is 110 Å². The number of sulfonamides is 1. The van der Waals surface area contributed by atoms with Gasteiger partial charge in [-0.1, -0.05) is 23.7 Å². The van der Waals surface area contributed by atoms with Crippen molar-refractivity contribution in [3.8, 4) is 5.75 Å². The molecular weight excluding hydrogens is 440 g/mol. The third-order valence-electron chi connectivity index (χ3n) is 4.08. The van der Waals surface area contributed by atoms with Crippen LogP contribution in [-0.2, 0) is 14.8 Å². The summed E-state index contributed by atoms with van der Waals surface area (Å²) in [5, 5.41) is 3.17. The highest BCUT2D eigenvalue weighted by Crippen LogP contribution is 2.23. The van der Waals surface area contributed by atoms with E-state index in [1.165, 1.54) is 24.3 Å². The lowest BCUT2D eigenvalue weighted by Crippen LogP contribution is -2.17. The van der Waals surface area contributed by atoms with Gasteiger partial charge in [-0.3, -0.25) is 4.79 Å². The lowest BCUT2D eigenvalue weighted by atomic mass is 10.3. The molecule has 162 valence electrons. The summed E-state index contributed by atoms with van der Waals surface area (Å²) in [6.45, 7) is 3.66.